The quantitative estimate of drug-likeness (QED) is 0.707. The van der Waals surface area contributed by atoms with Crippen LogP contribution in [-0.4, -0.2) is 18.0 Å². The van der Waals surface area contributed by atoms with E-state index in [1.807, 2.05) is 0 Å². The van der Waals surface area contributed by atoms with E-state index in [1.165, 1.54) is 7.11 Å². The van der Waals surface area contributed by atoms with Gasteiger partial charge in [0.2, 0.25) is 0 Å². The first kappa shape index (κ1) is 15.9. The van der Waals surface area contributed by atoms with E-state index in [1.54, 1.807) is 42.6 Å². The van der Waals surface area contributed by atoms with Crippen LogP contribution in [0.3, 0.4) is 0 Å². The predicted octanol–water partition coefficient (Wildman–Crippen LogP) is 3.37. The Labute approximate surface area is 142 Å². The molecule has 2 aromatic carbocycles. The SMILES string of the molecule is COc1cc2nccc(Oc3ccc(N)c(Cl)c3)c2cc1C(N)=O. The van der Waals surface area contributed by atoms with Gasteiger partial charge in [-0.25, -0.2) is 0 Å². The van der Waals surface area contributed by atoms with E-state index in [9.17, 15) is 4.79 Å². The van der Waals surface area contributed by atoms with Crippen molar-refractivity contribution in [3.05, 3.63) is 53.2 Å². The van der Waals surface area contributed by atoms with E-state index in [0.717, 1.165) is 0 Å². The number of carbonyl (C=O) groups excluding carboxylic acids is 1. The van der Waals surface area contributed by atoms with Crippen LogP contribution in [0.15, 0.2) is 42.6 Å². The Balaban J connectivity index is 2.12. The number of aromatic nitrogens is 1. The number of nitrogen functional groups attached to an aromatic ring is 1. The lowest BCUT2D eigenvalue weighted by Crippen LogP contribution is -2.12. The number of pyridine rings is 1. The number of nitrogens with two attached hydrogens (primary N) is 2. The number of nitrogens with zero attached hydrogens (tertiary/aromatic N) is 1. The molecule has 0 unspecified atom stereocenters. The molecule has 24 heavy (non-hydrogen) atoms. The smallest absolute Gasteiger partial charge is 0.252 e. The maximum Gasteiger partial charge on any atom is 0.252 e. The van der Waals surface area contributed by atoms with Gasteiger partial charge in [0.05, 0.1) is 28.9 Å². The Morgan fingerprint density at radius 1 is 1.17 bits per heavy atom. The van der Waals surface area contributed by atoms with Crippen molar-refractivity contribution in [2.75, 3.05) is 12.8 Å². The molecule has 4 N–H and O–H groups in total. The highest BCUT2D eigenvalue weighted by atomic mass is 35.5. The van der Waals surface area contributed by atoms with Crippen molar-refractivity contribution in [3.8, 4) is 17.2 Å². The van der Waals surface area contributed by atoms with Gasteiger partial charge in [-0.3, -0.25) is 9.78 Å². The van der Waals surface area contributed by atoms with Crippen molar-refractivity contribution in [3.63, 3.8) is 0 Å². The summed E-state index contributed by atoms with van der Waals surface area (Å²) in [4.78, 5) is 15.9. The van der Waals surface area contributed by atoms with Crippen molar-refractivity contribution < 1.29 is 14.3 Å². The van der Waals surface area contributed by atoms with Gasteiger partial charge in [0.25, 0.3) is 5.91 Å². The number of benzene rings is 2. The number of anilines is 1. The van der Waals surface area contributed by atoms with E-state index in [0.29, 0.717) is 38.9 Å². The standard InChI is InChI=1S/C17H14ClN3O3/c1-23-16-8-14-10(7-11(16)17(20)22)15(4-5-21-14)24-9-2-3-13(19)12(18)6-9/h2-8H,19H2,1H3,(H2,20,22). The fourth-order valence-corrected chi connectivity index (χ4v) is 2.47. The van der Waals surface area contributed by atoms with Crippen LogP contribution in [0, 0.1) is 0 Å². The maximum atomic E-state index is 11.6. The number of amides is 1. The summed E-state index contributed by atoms with van der Waals surface area (Å²) in [6.07, 6.45) is 1.60. The van der Waals surface area contributed by atoms with Crippen molar-refractivity contribution in [2.45, 2.75) is 0 Å². The molecule has 0 bridgehead atoms. The van der Waals surface area contributed by atoms with Gasteiger partial charge in [-0.15, -0.1) is 0 Å². The molecule has 0 spiro atoms. The van der Waals surface area contributed by atoms with Crippen LogP contribution >= 0.6 is 11.6 Å². The zero-order valence-electron chi connectivity index (χ0n) is 12.7. The maximum absolute atomic E-state index is 11.6. The topological polar surface area (TPSA) is 100 Å². The fraction of sp³-hybridized carbons (Fsp3) is 0.0588. The van der Waals surface area contributed by atoms with Crippen LogP contribution in [0.4, 0.5) is 5.69 Å². The average Bonchev–Trinajstić information content (AvgIpc) is 2.57. The van der Waals surface area contributed by atoms with E-state index in [2.05, 4.69) is 4.98 Å². The Bertz CT molecular complexity index is 944. The fourth-order valence-electron chi connectivity index (χ4n) is 2.30. The largest absolute Gasteiger partial charge is 0.496 e. The van der Waals surface area contributed by atoms with Crippen molar-refractivity contribution >= 4 is 34.1 Å². The monoisotopic (exact) mass is 343 g/mol. The molecule has 0 aliphatic carbocycles. The number of rotatable bonds is 4. The number of methoxy groups -OCH3 is 1. The lowest BCUT2D eigenvalue weighted by Gasteiger charge is -2.12. The molecule has 6 nitrogen and oxygen atoms in total. The highest BCUT2D eigenvalue weighted by molar-refractivity contribution is 6.33. The van der Waals surface area contributed by atoms with Gasteiger partial charge in [0.1, 0.15) is 17.2 Å². The second kappa shape index (κ2) is 6.25. The van der Waals surface area contributed by atoms with E-state index < -0.39 is 5.91 Å². The Morgan fingerprint density at radius 3 is 2.62 bits per heavy atom. The summed E-state index contributed by atoms with van der Waals surface area (Å²) in [7, 11) is 1.46. The van der Waals surface area contributed by atoms with Gasteiger partial charge in [-0.1, -0.05) is 11.6 Å². The molecular weight excluding hydrogens is 330 g/mol. The molecule has 0 saturated carbocycles. The normalized spacial score (nSPS) is 10.6. The van der Waals surface area contributed by atoms with Crippen LogP contribution < -0.4 is 20.9 Å². The third-order valence-corrected chi connectivity index (χ3v) is 3.82. The highest BCUT2D eigenvalue weighted by Gasteiger charge is 2.14. The number of hydrogen-bond donors (Lipinski definition) is 2. The summed E-state index contributed by atoms with van der Waals surface area (Å²) in [6, 6.07) is 9.88. The molecular formula is C17H14ClN3O3. The van der Waals surface area contributed by atoms with Gasteiger partial charge in [0.15, 0.2) is 0 Å². The Kier molecular flexibility index (Phi) is 4.14. The molecule has 0 atom stereocenters. The summed E-state index contributed by atoms with van der Waals surface area (Å²) in [5.74, 6) is 0.776. The number of halogens is 1. The zero-order valence-corrected chi connectivity index (χ0v) is 13.5. The van der Waals surface area contributed by atoms with Gasteiger partial charge < -0.3 is 20.9 Å². The summed E-state index contributed by atoms with van der Waals surface area (Å²) in [5, 5.41) is 1.02. The highest BCUT2D eigenvalue weighted by Crippen LogP contribution is 2.34. The number of ether oxygens (including phenoxy) is 2. The molecule has 0 saturated heterocycles. The third-order valence-electron chi connectivity index (χ3n) is 3.49. The first-order chi connectivity index (χ1) is 11.5. The molecule has 3 aromatic rings. The summed E-state index contributed by atoms with van der Waals surface area (Å²) in [5.41, 5.74) is 12.4. The van der Waals surface area contributed by atoms with E-state index in [4.69, 9.17) is 32.5 Å². The van der Waals surface area contributed by atoms with Crippen LogP contribution in [-0.2, 0) is 0 Å². The second-order valence-electron chi connectivity index (χ2n) is 5.03. The van der Waals surface area contributed by atoms with Gasteiger partial charge in [0, 0.05) is 23.7 Å². The molecule has 1 aromatic heterocycles. The lowest BCUT2D eigenvalue weighted by atomic mass is 10.1. The van der Waals surface area contributed by atoms with Gasteiger partial charge in [-0.2, -0.15) is 0 Å². The number of primary amides is 1. The minimum atomic E-state index is -0.598. The number of hydrogen-bond acceptors (Lipinski definition) is 5. The summed E-state index contributed by atoms with van der Waals surface area (Å²) in [6.45, 7) is 0. The summed E-state index contributed by atoms with van der Waals surface area (Å²) < 4.78 is 11.1. The van der Waals surface area contributed by atoms with Crippen molar-refractivity contribution in [1.29, 1.82) is 0 Å². The molecule has 0 aliphatic rings. The molecule has 0 radical (unpaired) electrons. The minimum Gasteiger partial charge on any atom is -0.496 e. The Morgan fingerprint density at radius 2 is 1.96 bits per heavy atom. The number of carbonyl (C=O) groups is 1. The average molecular weight is 344 g/mol. The molecule has 122 valence electrons. The van der Waals surface area contributed by atoms with Crippen LogP contribution in [0.25, 0.3) is 10.9 Å². The molecule has 0 fully saturated rings. The van der Waals surface area contributed by atoms with Gasteiger partial charge in [-0.05, 0) is 24.3 Å². The second-order valence-corrected chi connectivity index (χ2v) is 5.44. The van der Waals surface area contributed by atoms with E-state index in [-0.39, 0.29) is 5.56 Å². The van der Waals surface area contributed by atoms with Crippen LogP contribution in [0.2, 0.25) is 5.02 Å². The van der Waals surface area contributed by atoms with Crippen molar-refractivity contribution in [2.24, 2.45) is 5.73 Å². The van der Waals surface area contributed by atoms with Gasteiger partial charge >= 0.3 is 0 Å². The minimum absolute atomic E-state index is 0.248. The van der Waals surface area contributed by atoms with Crippen LogP contribution in [0.5, 0.6) is 17.2 Å². The molecule has 7 heteroatoms. The Hall–Kier alpha value is -2.99. The summed E-state index contributed by atoms with van der Waals surface area (Å²) >= 11 is 6.01. The third kappa shape index (κ3) is 2.91. The zero-order chi connectivity index (χ0) is 17.3. The number of fused-ring (bicyclic) bond motifs is 1. The first-order valence-electron chi connectivity index (χ1n) is 6.99. The van der Waals surface area contributed by atoms with Crippen molar-refractivity contribution in [1.82, 2.24) is 4.98 Å². The molecule has 0 aliphatic heterocycles. The van der Waals surface area contributed by atoms with Crippen LogP contribution in [0.1, 0.15) is 10.4 Å². The molecule has 1 heterocycles. The molecule has 3 rings (SSSR count). The lowest BCUT2D eigenvalue weighted by molar-refractivity contribution is 0.0997. The first-order valence-corrected chi connectivity index (χ1v) is 7.37. The van der Waals surface area contributed by atoms with E-state index >= 15 is 0 Å². The predicted molar refractivity (Wildman–Crippen MR) is 92.8 cm³/mol. The molecule has 1 amide bonds.